The van der Waals surface area contributed by atoms with Crippen molar-refractivity contribution in [3.63, 3.8) is 0 Å². The van der Waals surface area contributed by atoms with Crippen LogP contribution in [-0.4, -0.2) is 11.0 Å². The van der Waals surface area contributed by atoms with Gasteiger partial charge in [0.1, 0.15) is 5.75 Å². The van der Waals surface area contributed by atoms with Gasteiger partial charge in [-0.1, -0.05) is 0 Å². The third-order valence-electron chi connectivity index (χ3n) is 2.16. The summed E-state index contributed by atoms with van der Waals surface area (Å²) in [6.07, 6.45) is 1.98. The lowest BCUT2D eigenvalue weighted by molar-refractivity contribution is -0.117. The van der Waals surface area contributed by atoms with Gasteiger partial charge < -0.3 is 10.4 Å². The maximum Gasteiger partial charge on any atom is 0.227 e. The predicted octanol–water partition coefficient (Wildman–Crippen LogP) is 2.50. The summed E-state index contributed by atoms with van der Waals surface area (Å²) in [6, 6.07) is 4.92. The van der Waals surface area contributed by atoms with Gasteiger partial charge in [0, 0.05) is 11.6 Å². The molecule has 1 aromatic carbocycles. The monoisotopic (exact) mass is 255 g/mol. The number of carbonyl (C=O) groups is 1. The maximum atomic E-state index is 11.4. The number of anilines is 1. The van der Waals surface area contributed by atoms with E-state index in [0.29, 0.717) is 10.2 Å². The van der Waals surface area contributed by atoms with Crippen molar-refractivity contribution >= 4 is 27.5 Å². The molecule has 0 aromatic heterocycles. The van der Waals surface area contributed by atoms with Gasteiger partial charge in [0.2, 0.25) is 5.91 Å². The lowest BCUT2D eigenvalue weighted by atomic mass is 10.3. The van der Waals surface area contributed by atoms with E-state index in [2.05, 4.69) is 21.2 Å². The molecule has 0 heterocycles. The highest BCUT2D eigenvalue weighted by Crippen LogP contribution is 2.31. The molecule has 2 rings (SSSR count). The molecule has 2 N–H and O–H groups in total. The molecule has 1 aliphatic rings. The number of amides is 1. The van der Waals surface area contributed by atoms with Gasteiger partial charge in [-0.05, 0) is 47.0 Å². The molecule has 0 aliphatic heterocycles. The van der Waals surface area contributed by atoms with E-state index in [-0.39, 0.29) is 17.6 Å². The van der Waals surface area contributed by atoms with Crippen molar-refractivity contribution in [2.75, 3.05) is 5.32 Å². The molecule has 0 unspecified atom stereocenters. The Morgan fingerprint density at radius 3 is 2.79 bits per heavy atom. The molecule has 0 radical (unpaired) electrons. The molecule has 0 atom stereocenters. The largest absolute Gasteiger partial charge is 0.507 e. The zero-order valence-electron chi connectivity index (χ0n) is 7.46. The summed E-state index contributed by atoms with van der Waals surface area (Å²) < 4.78 is 0.589. The van der Waals surface area contributed by atoms with Crippen molar-refractivity contribution in [2.45, 2.75) is 12.8 Å². The van der Waals surface area contributed by atoms with Crippen molar-refractivity contribution in [3.05, 3.63) is 22.7 Å². The fourth-order valence-electron chi connectivity index (χ4n) is 1.17. The van der Waals surface area contributed by atoms with E-state index in [4.69, 9.17) is 0 Å². The minimum absolute atomic E-state index is 0.0718. The standard InChI is InChI=1S/C10H10BrNO2/c11-8-5-7(3-4-9(8)13)12-10(14)6-1-2-6/h3-6,13H,1-2H2,(H,12,14). The minimum atomic E-state index is 0.0718. The maximum absolute atomic E-state index is 11.4. The first kappa shape index (κ1) is 9.52. The molecule has 1 amide bonds. The molecule has 0 saturated heterocycles. The third kappa shape index (κ3) is 2.07. The lowest BCUT2D eigenvalue weighted by Crippen LogP contribution is -2.13. The Bertz CT molecular complexity index is 374. The van der Waals surface area contributed by atoms with Crippen LogP contribution in [0.1, 0.15) is 12.8 Å². The number of hydrogen-bond acceptors (Lipinski definition) is 2. The van der Waals surface area contributed by atoms with Crippen LogP contribution in [0.25, 0.3) is 0 Å². The van der Waals surface area contributed by atoms with Crippen LogP contribution in [0, 0.1) is 5.92 Å². The predicted molar refractivity (Wildman–Crippen MR) is 57.2 cm³/mol. The quantitative estimate of drug-likeness (QED) is 0.798. The zero-order valence-corrected chi connectivity index (χ0v) is 9.04. The Morgan fingerprint density at radius 2 is 2.21 bits per heavy atom. The number of carbonyl (C=O) groups excluding carboxylic acids is 1. The molecule has 0 spiro atoms. The van der Waals surface area contributed by atoms with Crippen molar-refractivity contribution in [3.8, 4) is 5.75 Å². The normalized spacial score (nSPS) is 15.2. The van der Waals surface area contributed by atoms with E-state index >= 15 is 0 Å². The first-order chi connectivity index (χ1) is 6.66. The molecule has 1 fully saturated rings. The Hall–Kier alpha value is -1.03. The van der Waals surface area contributed by atoms with Crippen LogP contribution in [-0.2, 0) is 4.79 Å². The van der Waals surface area contributed by atoms with Gasteiger partial charge in [-0.15, -0.1) is 0 Å². The summed E-state index contributed by atoms with van der Waals surface area (Å²) in [5.74, 6) is 0.444. The number of phenolic OH excluding ortho intramolecular Hbond substituents is 1. The summed E-state index contributed by atoms with van der Waals surface area (Å²) in [6.45, 7) is 0. The van der Waals surface area contributed by atoms with Crippen molar-refractivity contribution < 1.29 is 9.90 Å². The zero-order chi connectivity index (χ0) is 10.1. The van der Waals surface area contributed by atoms with E-state index in [1.807, 2.05) is 0 Å². The van der Waals surface area contributed by atoms with Gasteiger partial charge in [-0.2, -0.15) is 0 Å². The average Bonchev–Trinajstić information content (AvgIpc) is 2.94. The van der Waals surface area contributed by atoms with Gasteiger partial charge in [0.15, 0.2) is 0 Å². The van der Waals surface area contributed by atoms with Crippen LogP contribution in [0.5, 0.6) is 5.75 Å². The number of nitrogens with one attached hydrogen (secondary N) is 1. The molecular weight excluding hydrogens is 246 g/mol. The summed E-state index contributed by atoms with van der Waals surface area (Å²) >= 11 is 3.19. The second-order valence-corrected chi connectivity index (χ2v) is 4.28. The Kier molecular flexibility index (Phi) is 2.46. The fourth-order valence-corrected chi connectivity index (χ4v) is 1.55. The summed E-state index contributed by atoms with van der Waals surface area (Å²) in [5.41, 5.74) is 0.714. The molecule has 1 aliphatic carbocycles. The number of halogens is 1. The van der Waals surface area contributed by atoms with Gasteiger partial charge in [-0.25, -0.2) is 0 Å². The molecule has 74 valence electrons. The molecular formula is C10H10BrNO2. The second-order valence-electron chi connectivity index (χ2n) is 3.43. The summed E-state index contributed by atoms with van der Waals surface area (Å²) in [4.78, 5) is 11.4. The molecule has 0 bridgehead atoms. The SMILES string of the molecule is O=C(Nc1ccc(O)c(Br)c1)C1CC1. The average molecular weight is 256 g/mol. The molecule has 1 aromatic rings. The van der Waals surface area contributed by atoms with Crippen molar-refractivity contribution in [2.24, 2.45) is 5.92 Å². The van der Waals surface area contributed by atoms with Crippen molar-refractivity contribution in [1.82, 2.24) is 0 Å². The number of phenols is 1. The van der Waals surface area contributed by atoms with Crippen LogP contribution < -0.4 is 5.32 Å². The van der Waals surface area contributed by atoms with Crippen molar-refractivity contribution in [1.29, 1.82) is 0 Å². The van der Waals surface area contributed by atoms with E-state index < -0.39 is 0 Å². The van der Waals surface area contributed by atoms with E-state index in [1.54, 1.807) is 18.2 Å². The topological polar surface area (TPSA) is 49.3 Å². The summed E-state index contributed by atoms with van der Waals surface area (Å²) in [7, 11) is 0. The minimum Gasteiger partial charge on any atom is -0.507 e. The van der Waals surface area contributed by atoms with E-state index in [0.717, 1.165) is 12.8 Å². The van der Waals surface area contributed by atoms with Crippen LogP contribution in [0.3, 0.4) is 0 Å². The fraction of sp³-hybridized carbons (Fsp3) is 0.300. The number of rotatable bonds is 2. The first-order valence-corrected chi connectivity index (χ1v) is 5.25. The van der Waals surface area contributed by atoms with Gasteiger partial charge in [0.05, 0.1) is 4.47 Å². The number of aromatic hydroxyl groups is 1. The molecule has 1 saturated carbocycles. The highest BCUT2D eigenvalue weighted by molar-refractivity contribution is 9.10. The van der Waals surface area contributed by atoms with Crippen LogP contribution in [0.4, 0.5) is 5.69 Å². The van der Waals surface area contributed by atoms with Crippen LogP contribution in [0.2, 0.25) is 0 Å². The smallest absolute Gasteiger partial charge is 0.227 e. The highest BCUT2D eigenvalue weighted by Gasteiger charge is 2.29. The highest BCUT2D eigenvalue weighted by atomic mass is 79.9. The third-order valence-corrected chi connectivity index (χ3v) is 2.80. The number of hydrogen-bond donors (Lipinski definition) is 2. The summed E-state index contributed by atoms with van der Waals surface area (Å²) in [5, 5.41) is 12.0. The van der Waals surface area contributed by atoms with Crippen LogP contribution in [0.15, 0.2) is 22.7 Å². The first-order valence-electron chi connectivity index (χ1n) is 4.46. The number of benzene rings is 1. The molecule has 3 nitrogen and oxygen atoms in total. The Balaban J connectivity index is 2.08. The van der Waals surface area contributed by atoms with Gasteiger partial charge >= 0.3 is 0 Å². The Morgan fingerprint density at radius 1 is 1.50 bits per heavy atom. The molecule has 14 heavy (non-hydrogen) atoms. The van der Waals surface area contributed by atoms with Gasteiger partial charge in [0.25, 0.3) is 0 Å². The second kappa shape index (κ2) is 3.61. The lowest BCUT2D eigenvalue weighted by Gasteiger charge is -2.05. The van der Waals surface area contributed by atoms with E-state index in [9.17, 15) is 9.90 Å². The van der Waals surface area contributed by atoms with E-state index in [1.165, 1.54) is 0 Å². The Labute approximate surface area is 90.3 Å². The van der Waals surface area contributed by atoms with Crippen LogP contribution >= 0.6 is 15.9 Å². The molecule has 4 heteroatoms. The van der Waals surface area contributed by atoms with Gasteiger partial charge in [-0.3, -0.25) is 4.79 Å².